The van der Waals surface area contributed by atoms with E-state index in [0.29, 0.717) is 32.0 Å². The molecule has 1 aliphatic rings. The summed E-state index contributed by atoms with van der Waals surface area (Å²) >= 11 is 0. The van der Waals surface area contributed by atoms with Crippen LogP contribution in [0.4, 0.5) is 0 Å². The van der Waals surface area contributed by atoms with E-state index in [1.165, 1.54) is 0 Å². The molecule has 0 amide bonds. The third-order valence-electron chi connectivity index (χ3n) is 2.73. The van der Waals surface area contributed by atoms with Gasteiger partial charge in [0.25, 0.3) is 0 Å². The normalized spacial score (nSPS) is 16.6. The van der Waals surface area contributed by atoms with E-state index >= 15 is 0 Å². The van der Waals surface area contributed by atoms with E-state index in [2.05, 4.69) is 17.2 Å². The lowest BCUT2D eigenvalue weighted by Crippen LogP contribution is -2.32. The highest BCUT2D eigenvalue weighted by molar-refractivity contribution is 5.78. The van der Waals surface area contributed by atoms with Gasteiger partial charge in [0.1, 0.15) is 5.78 Å². The van der Waals surface area contributed by atoms with Crippen LogP contribution in [0.5, 0.6) is 0 Å². The molecule has 0 radical (unpaired) electrons. The van der Waals surface area contributed by atoms with E-state index in [0.717, 1.165) is 25.9 Å². The average Bonchev–Trinajstić information content (AvgIpc) is 2.31. The first-order chi connectivity index (χ1) is 7.83. The Morgan fingerprint density at radius 2 is 2.12 bits per heavy atom. The van der Waals surface area contributed by atoms with Gasteiger partial charge in [0, 0.05) is 19.3 Å². The highest BCUT2D eigenvalue weighted by Gasteiger charge is 2.13. The van der Waals surface area contributed by atoms with Crippen LogP contribution in [0.1, 0.15) is 39.0 Å². The number of Topliss-reactive ketones (excluding diaryl/α,β-unsaturated/α-hetero) is 1. The molecule has 1 heterocycles. The summed E-state index contributed by atoms with van der Waals surface area (Å²) in [5, 5.41) is 3.29. The van der Waals surface area contributed by atoms with Crippen LogP contribution in [-0.4, -0.2) is 31.6 Å². The second-order valence-corrected chi connectivity index (χ2v) is 4.04. The second-order valence-electron chi connectivity index (χ2n) is 4.04. The lowest BCUT2D eigenvalue weighted by atomic mass is 10.1. The van der Waals surface area contributed by atoms with Gasteiger partial charge in [-0.25, -0.2) is 0 Å². The van der Waals surface area contributed by atoms with Gasteiger partial charge in [-0.2, -0.15) is 0 Å². The number of carbonyl (C=O) groups excluding carboxylic acids is 1. The van der Waals surface area contributed by atoms with Gasteiger partial charge in [-0.05, 0) is 32.9 Å². The molecule has 0 aromatic carbocycles. The molecule has 0 unspecified atom stereocenters. The van der Waals surface area contributed by atoms with Crippen molar-refractivity contribution in [3.8, 4) is 11.8 Å². The van der Waals surface area contributed by atoms with Crippen LogP contribution in [0.15, 0.2) is 0 Å². The molecule has 16 heavy (non-hydrogen) atoms. The molecule has 0 aromatic heterocycles. The van der Waals surface area contributed by atoms with E-state index in [1.807, 2.05) is 0 Å². The van der Waals surface area contributed by atoms with Gasteiger partial charge in [0.15, 0.2) is 0 Å². The third kappa shape index (κ3) is 5.89. The molecule has 3 heteroatoms. The van der Waals surface area contributed by atoms with Crippen LogP contribution in [0, 0.1) is 11.8 Å². The van der Waals surface area contributed by atoms with Gasteiger partial charge < -0.3 is 10.1 Å². The fraction of sp³-hybridized carbons (Fsp3) is 0.769. The first kappa shape index (κ1) is 13.2. The van der Waals surface area contributed by atoms with Crippen LogP contribution >= 0.6 is 0 Å². The SMILES string of the molecule is CC#CCCC(=O)CCOC1CCNCC1. The summed E-state index contributed by atoms with van der Waals surface area (Å²) in [6.07, 6.45) is 4.27. The maximum Gasteiger partial charge on any atom is 0.136 e. The van der Waals surface area contributed by atoms with Crippen molar-refractivity contribution in [1.82, 2.24) is 5.32 Å². The predicted molar refractivity (Wildman–Crippen MR) is 64.2 cm³/mol. The highest BCUT2D eigenvalue weighted by atomic mass is 16.5. The molecule has 1 saturated heterocycles. The van der Waals surface area contributed by atoms with Crippen LogP contribution in [0.25, 0.3) is 0 Å². The zero-order chi connectivity index (χ0) is 11.6. The first-order valence-corrected chi connectivity index (χ1v) is 6.06. The number of ether oxygens (including phenoxy) is 1. The van der Waals surface area contributed by atoms with Gasteiger partial charge in [0.2, 0.25) is 0 Å². The summed E-state index contributed by atoms with van der Waals surface area (Å²) in [5.41, 5.74) is 0. The Balaban J connectivity index is 2.00. The summed E-state index contributed by atoms with van der Waals surface area (Å²) in [6.45, 7) is 4.43. The topological polar surface area (TPSA) is 38.3 Å². The Morgan fingerprint density at radius 1 is 1.38 bits per heavy atom. The second kappa shape index (κ2) is 8.32. The van der Waals surface area contributed by atoms with Gasteiger partial charge in [-0.3, -0.25) is 4.79 Å². The summed E-state index contributed by atoms with van der Waals surface area (Å²) in [4.78, 5) is 11.4. The van der Waals surface area contributed by atoms with E-state index in [4.69, 9.17) is 4.74 Å². The number of nitrogens with one attached hydrogen (secondary N) is 1. The number of carbonyl (C=O) groups is 1. The lowest BCUT2D eigenvalue weighted by molar-refractivity contribution is -0.120. The molecule has 1 N–H and O–H groups in total. The molecule has 0 atom stereocenters. The van der Waals surface area contributed by atoms with Crippen molar-refractivity contribution in [2.75, 3.05) is 19.7 Å². The largest absolute Gasteiger partial charge is 0.378 e. The van der Waals surface area contributed by atoms with E-state index in [1.54, 1.807) is 6.92 Å². The lowest BCUT2D eigenvalue weighted by Gasteiger charge is -2.22. The number of hydrogen-bond donors (Lipinski definition) is 1. The molecule has 0 saturated carbocycles. The number of rotatable bonds is 6. The monoisotopic (exact) mass is 223 g/mol. The molecule has 0 bridgehead atoms. The minimum Gasteiger partial charge on any atom is -0.378 e. The van der Waals surface area contributed by atoms with Crippen LogP contribution in [-0.2, 0) is 9.53 Å². The minimum absolute atomic E-state index is 0.261. The molecule has 3 nitrogen and oxygen atoms in total. The Labute approximate surface area is 97.9 Å². The van der Waals surface area contributed by atoms with E-state index in [9.17, 15) is 4.79 Å². The van der Waals surface area contributed by atoms with Gasteiger partial charge in [0.05, 0.1) is 12.7 Å². The maximum absolute atomic E-state index is 11.4. The molecule has 1 aliphatic heterocycles. The smallest absolute Gasteiger partial charge is 0.136 e. The molecule has 0 aliphatic carbocycles. The van der Waals surface area contributed by atoms with Crippen molar-refractivity contribution in [1.29, 1.82) is 0 Å². The fourth-order valence-corrected chi connectivity index (χ4v) is 1.75. The fourth-order valence-electron chi connectivity index (χ4n) is 1.75. The molecular formula is C13H21NO2. The Kier molecular flexibility index (Phi) is 6.87. The van der Waals surface area contributed by atoms with Crippen molar-refractivity contribution in [2.45, 2.75) is 45.1 Å². The molecule has 1 rings (SSSR count). The van der Waals surface area contributed by atoms with Crippen molar-refractivity contribution < 1.29 is 9.53 Å². The van der Waals surface area contributed by atoms with Crippen LogP contribution < -0.4 is 5.32 Å². The van der Waals surface area contributed by atoms with Crippen molar-refractivity contribution in [3.63, 3.8) is 0 Å². The summed E-state index contributed by atoms with van der Waals surface area (Å²) in [7, 11) is 0. The molecule has 1 fully saturated rings. The molecule has 0 spiro atoms. The summed E-state index contributed by atoms with van der Waals surface area (Å²) in [6, 6.07) is 0. The molecule has 90 valence electrons. The van der Waals surface area contributed by atoms with Crippen LogP contribution in [0.2, 0.25) is 0 Å². The third-order valence-corrected chi connectivity index (χ3v) is 2.73. The molecule has 0 aromatic rings. The number of ketones is 1. The number of piperidine rings is 1. The van der Waals surface area contributed by atoms with Crippen molar-refractivity contribution in [2.24, 2.45) is 0 Å². The average molecular weight is 223 g/mol. The highest BCUT2D eigenvalue weighted by Crippen LogP contribution is 2.07. The van der Waals surface area contributed by atoms with Gasteiger partial charge in [-0.1, -0.05) is 0 Å². The zero-order valence-corrected chi connectivity index (χ0v) is 10.1. The Morgan fingerprint density at radius 3 is 2.81 bits per heavy atom. The molecular weight excluding hydrogens is 202 g/mol. The number of hydrogen-bond acceptors (Lipinski definition) is 3. The van der Waals surface area contributed by atoms with E-state index in [-0.39, 0.29) is 5.78 Å². The zero-order valence-electron chi connectivity index (χ0n) is 10.1. The Hall–Kier alpha value is -0.850. The minimum atomic E-state index is 0.261. The first-order valence-electron chi connectivity index (χ1n) is 6.06. The predicted octanol–water partition coefficient (Wildman–Crippen LogP) is 1.52. The summed E-state index contributed by atoms with van der Waals surface area (Å²) in [5.74, 6) is 5.95. The Bertz CT molecular complexity index is 259. The van der Waals surface area contributed by atoms with Gasteiger partial charge in [-0.15, -0.1) is 11.8 Å². The standard InChI is InChI=1S/C13H21NO2/c1-2-3-4-5-12(15)8-11-16-13-6-9-14-10-7-13/h13-14H,4-11H2,1H3. The van der Waals surface area contributed by atoms with Crippen molar-refractivity contribution in [3.05, 3.63) is 0 Å². The summed E-state index contributed by atoms with van der Waals surface area (Å²) < 4.78 is 5.66. The quantitative estimate of drug-likeness (QED) is 0.694. The maximum atomic E-state index is 11.4. The van der Waals surface area contributed by atoms with Crippen molar-refractivity contribution >= 4 is 5.78 Å². The van der Waals surface area contributed by atoms with Crippen LogP contribution in [0.3, 0.4) is 0 Å². The van der Waals surface area contributed by atoms with E-state index < -0.39 is 0 Å². The van der Waals surface area contributed by atoms with Gasteiger partial charge >= 0.3 is 0 Å².